The van der Waals surface area contributed by atoms with Crippen LogP contribution in [-0.2, 0) is 16.3 Å². The number of hydrogen-bond donors (Lipinski definition) is 2. The molecule has 1 saturated carbocycles. The Bertz CT molecular complexity index is 1230. The summed E-state index contributed by atoms with van der Waals surface area (Å²) in [6.07, 6.45) is 15.6. The van der Waals surface area contributed by atoms with Crippen molar-refractivity contribution in [2.45, 2.75) is 49.3 Å². The summed E-state index contributed by atoms with van der Waals surface area (Å²) in [7, 11) is -3.39. The smallest absolute Gasteiger partial charge is 0.255 e. The van der Waals surface area contributed by atoms with Crippen LogP contribution in [0, 0.1) is 16.6 Å². The zero-order valence-electron chi connectivity index (χ0n) is 17.6. The number of benzene rings is 1. The van der Waals surface area contributed by atoms with Crippen LogP contribution in [0.2, 0.25) is 0 Å². The molecule has 0 aliphatic heterocycles. The van der Waals surface area contributed by atoms with Gasteiger partial charge in [0, 0.05) is 23.9 Å². The van der Waals surface area contributed by atoms with Crippen molar-refractivity contribution in [3.05, 3.63) is 80.5 Å². The largest absolute Gasteiger partial charge is 0.335 e. The maximum absolute atomic E-state index is 12.9. The van der Waals surface area contributed by atoms with Crippen molar-refractivity contribution in [3.8, 4) is 0 Å². The van der Waals surface area contributed by atoms with Gasteiger partial charge in [-0.2, -0.15) is 0 Å². The van der Waals surface area contributed by atoms with Gasteiger partial charge in [0.05, 0.1) is 4.90 Å². The van der Waals surface area contributed by atoms with Crippen LogP contribution >= 0.6 is 12.2 Å². The van der Waals surface area contributed by atoms with Crippen molar-refractivity contribution in [2.24, 2.45) is 11.8 Å². The average Bonchev–Trinajstić information content (AvgIpc) is 2.76. The molecule has 0 radical (unpaired) electrons. The van der Waals surface area contributed by atoms with E-state index in [0.717, 1.165) is 37.8 Å². The lowest BCUT2D eigenvalue weighted by atomic mass is 9.72. The number of aromatic amines is 2. The summed E-state index contributed by atoms with van der Waals surface area (Å²) in [5.41, 5.74) is 1.86. The lowest BCUT2D eigenvalue weighted by Crippen LogP contribution is -2.25. The summed E-state index contributed by atoms with van der Waals surface area (Å²) < 4.78 is 24.8. The fraction of sp³-hybridized carbons (Fsp3) is 0.417. The number of H-pyrrole nitrogens is 2. The first-order chi connectivity index (χ1) is 14.8. The summed E-state index contributed by atoms with van der Waals surface area (Å²) >= 11 is 5.27. The van der Waals surface area contributed by atoms with Gasteiger partial charge in [-0.25, -0.2) is 8.42 Å². The number of nitrogens with one attached hydrogen (secondary N) is 2. The molecule has 1 unspecified atom stereocenters. The molecule has 1 atom stereocenters. The minimum Gasteiger partial charge on any atom is -0.335 e. The Morgan fingerprint density at radius 2 is 1.81 bits per heavy atom. The quantitative estimate of drug-likeness (QED) is 0.631. The van der Waals surface area contributed by atoms with Gasteiger partial charge in [-0.15, -0.1) is 0 Å². The van der Waals surface area contributed by atoms with Gasteiger partial charge in [0.15, 0.2) is 14.6 Å². The van der Waals surface area contributed by atoms with Crippen molar-refractivity contribution in [1.82, 2.24) is 9.97 Å². The maximum Gasteiger partial charge on any atom is 0.255 e. The van der Waals surface area contributed by atoms with Gasteiger partial charge in [-0.1, -0.05) is 42.5 Å². The van der Waals surface area contributed by atoms with Gasteiger partial charge in [0.25, 0.3) is 5.56 Å². The minimum absolute atomic E-state index is 0.226. The second-order valence-electron chi connectivity index (χ2n) is 8.68. The molecular formula is C24H28N2O3S2. The first-order valence-corrected chi connectivity index (χ1v) is 13.1. The fourth-order valence-electron chi connectivity index (χ4n) is 5.04. The van der Waals surface area contributed by atoms with Crippen molar-refractivity contribution in [1.29, 1.82) is 0 Å². The molecule has 1 heterocycles. The van der Waals surface area contributed by atoms with Gasteiger partial charge in [0.2, 0.25) is 0 Å². The topological polar surface area (TPSA) is 82.8 Å². The second kappa shape index (κ2) is 9.09. The molecule has 1 aromatic carbocycles. The Hall–Kier alpha value is -2.25. The molecule has 7 heteroatoms. The summed E-state index contributed by atoms with van der Waals surface area (Å²) in [6.45, 7) is 0. The van der Waals surface area contributed by atoms with Crippen LogP contribution in [0.1, 0.15) is 54.8 Å². The summed E-state index contributed by atoms with van der Waals surface area (Å²) in [4.78, 5) is 19.1. The number of aromatic nitrogens is 2. The molecule has 2 aromatic rings. The van der Waals surface area contributed by atoms with E-state index in [1.807, 2.05) is 0 Å². The van der Waals surface area contributed by atoms with Crippen LogP contribution in [0.3, 0.4) is 0 Å². The molecule has 4 rings (SSSR count). The molecule has 0 bridgehead atoms. The van der Waals surface area contributed by atoms with E-state index < -0.39 is 9.84 Å². The Morgan fingerprint density at radius 1 is 1.06 bits per heavy atom. The van der Waals surface area contributed by atoms with Crippen molar-refractivity contribution in [2.75, 3.05) is 6.26 Å². The normalized spacial score (nSPS) is 23.7. The van der Waals surface area contributed by atoms with E-state index in [2.05, 4.69) is 34.3 Å². The highest BCUT2D eigenvalue weighted by molar-refractivity contribution is 7.90. The van der Waals surface area contributed by atoms with E-state index in [9.17, 15) is 13.2 Å². The standard InChI is InChI=1S/C24H28N2O3S2/c1-31(28,29)21-10-6-5-9-19(21)15-20-22(25-24(30)26-23(20)27)18-13-11-17(12-14-18)16-7-3-2-4-8-16/h2-7,9-10,16-18H,8,11-15H2,1H3,(H2,25,26,27,30)/t16?,17-,18-. The van der Waals surface area contributed by atoms with Crippen LogP contribution in [0.15, 0.2) is 58.3 Å². The van der Waals surface area contributed by atoms with Gasteiger partial charge in [0.1, 0.15) is 0 Å². The SMILES string of the molecule is CS(=O)(=O)c1ccccc1Cc1c(=O)[nH]c(=S)[nH]c1[C@H]1CC[C@H](C2C=CC=CC2)CC1. The molecule has 0 saturated heterocycles. The molecule has 2 aliphatic rings. The predicted molar refractivity (Wildman–Crippen MR) is 126 cm³/mol. The third kappa shape index (κ3) is 4.99. The van der Waals surface area contributed by atoms with Crippen molar-refractivity contribution >= 4 is 22.1 Å². The molecule has 164 valence electrons. The highest BCUT2D eigenvalue weighted by Gasteiger charge is 2.29. The van der Waals surface area contributed by atoms with Crippen LogP contribution < -0.4 is 5.56 Å². The molecule has 2 N–H and O–H groups in total. The van der Waals surface area contributed by atoms with Gasteiger partial charge >= 0.3 is 0 Å². The molecule has 2 aliphatic carbocycles. The monoisotopic (exact) mass is 456 g/mol. The lowest BCUT2D eigenvalue weighted by Gasteiger charge is -2.33. The summed E-state index contributed by atoms with van der Waals surface area (Å²) in [5.74, 6) is 1.49. The average molecular weight is 457 g/mol. The number of rotatable bonds is 5. The molecule has 1 fully saturated rings. The molecule has 0 spiro atoms. The second-order valence-corrected chi connectivity index (χ2v) is 11.1. The molecule has 1 aromatic heterocycles. The van der Waals surface area contributed by atoms with Gasteiger partial charge < -0.3 is 4.98 Å². The number of allylic oxidation sites excluding steroid dienone is 4. The Kier molecular flexibility index (Phi) is 6.44. The number of sulfone groups is 1. The zero-order valence-corrected chi connectivity index (χ0v) is 19.3. The zero-order chi connectivity index (χ0) is 22.0. The molecule has 0 amide bonds. The lowest BCUT2D eigenvalue weighted by molar-refractivity contribution is 0.262. The van der Waals surface area contributed by atoms with E-state index in [4.69, 9.17) is 12.2 Å². The van der Waals surface area contributed by atoms with Crippen molar-refractivity contribution < 1.29 is 8.42 Å². The highest BCUT2D eigenvalue weighted by Crippen LogP contribution is 2.41. The van der Waals surface area contributed by atoms with Crippen LogP contribution in [0.4, 0.5) is 0 Å². The Labute approximate surface area is 188 Å². The third-order valence-corrected chi connectivity index (χ3v) is 8.01. The van der Waals surface area contributed by atoms with E-state index in [1.165, 1.54) is 6.26 Å². The van der Waals surface area contributed by atoms with Crippen LogP contribution in [-0.4, -0.2) is 24.6 Å². The van der Waals surface area contributed by atoms with Crippen molar-refractivity contribution in [3.63, 3.8) is 0 Å². The van der Waals surface area contributed by atoms with Gasteiger partial charge in [-0.05, 0) is 73.7 Å². The molecule has 5 nitrogen and oxygen atoms in total. The summed E-state index contributed by atoms with van der Waals surface area (Å²) in [6, 6.07) is 6.89. The molecular weight excluding hydrogens is 428 g/mol. The van der Waals surface area contributed by atoms with E-state index >= 15 is 0 Å². The van der Waals surface area contributed by atoms with Crippen LogP contribution in [0.25, 0.3) is 0 Å². The molecule has 31 heavy (non-hydrogen) atoms. The Morgan fingerprint density at radius 3 is 2.48 bits per heavy atom. The van der Waals surface area contributed by atoms with E-state index in [-0.39, 0.29) is 22.8 Å². The van der Waals surface area contributed by atoms with E-state index in [1.54, 1.807) is 24.3 Å². The minimum atomic E-state index is -3.39. The predicted octanol–water partition coefficient (Wildman–Crippen LogP) is 4.83. The van der Waals surface area contributed by atoms with Crippen LogP contribution in [0.5, 0.6) is 0 Å². The Balaban J connectivity index is 1.62. The first kappa shape index (κ1) is 22.0. The van der Waals surface area contributed by atoms with Gasteiger partial charge in [-0.3, -0.25) is 9.78 Å². The third-order valence-electron chi connectivity index (χ3n) is 6.61. The maximum atomic E-state index is 12.9. The summed E-state index contributed by atoms with van der Waals surface area (Å²) in [5, 5.41) is 0. The number of hydrogen-bond acceptors (Lipinski definition) is 4. The first-order valence-electron chi connectivity index (χ1n) is 10.8. The fourth-order valence-corrected chi connectivity index (χ4v) is 6.19. The highest BCUT2D eigenvalue weighted by atomic mass is 32.2. The van der Waals surface area contributed by atoms with E-state index in [0.29, 0.717) is 27.7 Å².